The molecule has 2 N–H and O–H groups in total. The molecule has 0 aromatic carbocycles. The van der Waals surface area contributed by atoms with Crippen molar-refractivity contribution in [1.82, 2.24) is 4.98 Å². The predicted molar refractivity (Wildman–Crippen MR) is 43.3 cm³/mol. The van der Waals surface area contributed by atoms with Gasteiger partial charge < -0.3 is 5.73 Å². The standard InChI is InChI=1S/C7H4ClF2N3/c8-4-1-3(2-11)5(6(9)10)13-7(4)12/h1,6H,(H2,12,13). The van der Waals surface area contributed by atoms with Crippen LogP contribution in [0.5, 0.6) is 0 Å². The van der Waals surface area contributed by atoms with Crippen LogP contribution < -0.4 is 5.73 Å². The first kappa shape index (κ1) is 9.68. The van der Waals surface area contributed by atoms with E-state index in [-0.39, 0.29) is 16.4 Å². The number of aromatic nitrogens is 1. The summed E-state index contributed by atoms with van der Waals surface area (Å²) in [5.41, 5.74) is 4.31. The number of nitrogens with zero attached hydrogens (tertiary/aromatic N) is 2. The van der Waals surface area contributed by atoms with Gasteiger partial charge in [0, 0.05) is 0 Å². The fourth-order valence-electron chi connectivity index (χ4n) is 0.774. The second-order valence-corrected chi connectivity index (χ2v) is 2.61. The van der Waals surface area contributed by atoms with E-state index in [0.717, 1.165) is 6.07 Å². The normalized spacial score (nSPS) is 10.1. The smallest absolute Gasteiger partial charge is 0.281 e. The zero-order chi connectivity index (χ0) is 10.0. The molecule has 0 amide bonds. The van der Waals surface area contributed by atoms with Crippen LogP contribution in [0.15, 0.2) is 6.07 Å². The zero-order valence-corrected chi connectivity index (χ0v) is 7.02. The van der Waals surface area contributed by atoms with Crippen LogP contribution >= 0.6 is 11.6 Å². The van der Waals surface area contributed by atoms with E-state index in [2.05, 4.69) is 4.98 Å². The van der Waals surface area contributed by atoms with E-state index in [9.17, 15) is 8.78 Å². The van der Waals surface area contributed by atoms with Gasteiger partial charge in [-0.25, -0.2) is 13.8 Å². The van der Waals surface area contributed by atoms with Crippen LogP contribution in [0.1, 0.15) is 17.7 Å². The summed E-state index contributed by atoms with van der Waals surface area (Å²) in [7, 11) is 0. The minimum Gasteiger partial charge on any atom is -0.382 e. The van der Waals surface area contributed by atoms with Crippen molar-refractivity contribution in [3.05, 3.63) is 22.3 Å². The molecule has 0 fully saturated rings. The number of nitrogens with two attached hydrogens (primary N) is 1. The highest BCUT2D eigenvalue weighted by Crippen LogP contribution is 2.26. The van der Waals surface area contributed by atoms with E-state index in [4.69, 9.17) is 22.6 Å². The van der Waals surface area contributed by atoms with Gasteiger partial charge in [0.05, 0.1) is 10.6 Å². The van der Waals surface area contributed by atoms with Gasteiger partial charge in [-0.3, -0.25) is 0 Å². The highest BCUT2D eigenvalue weighted by Gasteiger charge is 2.16. The Bertz CT molecular complexity index is 373. The van der Waals surface area contributed by atoms with Crippen molar-refractivity contribution in [3.63, 3.8) is 0 Å². The Balaban J connectivity index is 3.35. The van der Waals surface area contributed by atoms with Gasteiger partial charge in [-0.05, 0) is 6.07 Å². The van der Waals surface area contributed by atoms with E-state index in [1.54, 1.807) is 6.07 Å². The molecule has 1 rings (SSSR count). The van der Waals surface area contributed by atoms with Crippen molar-refractivity contribution in [2.24, 2.45) is 0 Å². The van der Waals surface area contributed by atoms with Gasteiger partial charge in [-0.1, -0.05) is 11.6 Å². The number of alkyl halides is 2. The monoisotopic (exact) mass is 203 g/mol. The fraction of sp³-hybridized carbons (Fsp3) is 0.143. The number of anilines is 1. The molecule has 0 radical (unpaired) electrons. The predicted octanol–water partition coefficient (Wildman–Crippen LogP) is 2.13. The van der Waals surface area contributed by atoms with Gasteiger partial charge in [0.15, 0.2) is 0 Å². The molecule has 0 saturated carbocycles. The SMILES string of the molecule is N#Cc1cc(Cl)c(N)nc1C(F)F. The third kappa shape index (κ3) is 1.84. The molecule has 0 aliphatic rings. The van der Waals surface area contributed by atoms with Crippen LogP contribution in [-0.4, -0.2) is 4.98 Å². The summed E-state index contributed by atoms with van der Waals surface area (Å²) in [6.07, 6.45) is -2.82. The van der Waals surface area contributed by atoms with Crippen LogP contribution in [0, 0.1) is 11.3 Å². The Morgan fingerprint density at radius 3 is 2.69 bits per heavy atom. The van der Waals surface area contributed by atoms with Crippen LogP contribution in [0.2, 0.25) is 5.02 Å². The Labute approximate surface area is 77.7 Å². The summed E-state index contributed by atoms with van der Waals surface area (Å²) in [5, 5.41) is 8.46. The number of hydrogen-bond donors (Lipinski definition) is 1. The molecule has 0 unspecified atom stereocenters. The summed E-state index contributed by atoms with van der Waals surface area (Å²) in [5.74, 6) is -0.198. The minimum atomic E-state index is -2.82. The van der Waals surface area contributed by atoms with Crippen LogP contribution in [0.3, 0.4) is 0 Å². The van der Waals surface area contributed by atoms with Gasteiger partial charge in [0.2, 0.25) is 0 Å². The lowest BCUT2D eigenvalue weighted by Crippen LogP contribution is -2.00. The molecule has 0 aliphatic carbocycles. The molecule has 0 aliphatic heterocycles. The number of hydrogen-bond acceptors (Lipinski definition) is 3. The fourth-order valence-corrected chi connectivity index (χ4v) is 0.925. The highest BCUT2D eigenvalue weighted by atomic mass is 35.5. The Morgan fingerprint density at radius 1 is 1.62 bits per heavy atom. The van der Waals surface area contributed by atoms with Crippen LogP contribution in [-0.2, 0) is 0 Å². The summed E-state index contributed by atoms with van der Waals surface area (Å²) >= 11 is 5.49. The lowest BCUT2D eigenvalue weighted by Gasteiger charge is -2.03. The van der Waals surface area contributed by atoms with Crippen molar-refractivity contribution in [3.8, 4) is 6.07 Å². The average molecular weight is 204 g/mol. The third-order valence-electron chi connectivity index (χ3n) is 1.36. The van der Waals surface area contributed by atoms with E-state index < -0.39 is 12.1 Å². The van der Waals surface area contributed by atoms with Crippen molar-refractivity contribution in [1.29, 1.82) is 5.26 Å². The quantitative estimate of drug-likeness (QED) is 0.761. The van der Waals surface area contributed by atoms with Crippen LogP contribution in [0.25, 0.3) is 0 Å². The molecule has 6 heteroatoms. The van der Waals surface area contributed by atoms with E-state index in [1.807, 2.05) is 0 Å². The Morgan fingerprint density at radius 2 is 2.23 bits per heavy atom. The number of halogens is 3. The van der Waals surface area contributed by atoms with Gasteiger partial charge in [0.1, 0.15) is 17.6 Å². The van der Waals surface area contributed by atoms with Gasteiger partial charge >= 0.3 is 0 Å². The molecule has 0 saturated heterocycles. The first-order chi connectivity index (χ1) is 6.06. The van der Waals surface area contributed by atoms with E-state index >= 15 is 0 Å². The summed E-state index contributed by atoms with van der Waals surface area (Å²) in [4.78, 5) is 3.32. The molecule has 0 atom stereocenters. The molecular formula is C7H4ClF2N3. The average Bonchev–Trinajstić information content (AvgIpc) is 2.08. The molecule has 13 heavy (non-hydrogen) atoms. The molecule has 3 nitrogen and oxygen atoms in total. The van der Waals surface area contributed by atoms with Gasteiger partial charge in [-0.2, -0.15) is 5.26 Å². The van der Waals surface area contributed by atoms with Gasteiger partial charge in [-0.15, -0.1) is 0 Å². The maximum atomic E-state index is 12.2. The van der Waals surface area contributed by atoms with Crippen molar-refractivity contribution < 1.29 is 8.78 Å². The second kappa shape index (κ2) is 3.54. The Kier molecular flexibility index (Phi) is 2.63. The Hall–Kier alpha value is -1.41. The second-order valence-electron chi connectivity index (χ2n) is 2.20. The number of nitriles is 1. The topological polar surface area (TPSA) is 62.7 Å². The van der Waals surface area contributed by atoms with Crippen molar-refractivity contribution in [2.75, 3.05) is 5.73 Å². The number of pyridine rings is 1. The summed E-state index contributed by atoms with van der Waals surface area (Å²) < 4.78 is 24.4. The van der Waals surface area contributed by atoms with Crippen LogP contribution in [0.4, 0.5) is 14.6 Å². The lowest BCUT2D eigenvalue weighted by atomic mass is 10.2. The number of rotatable bonds is 1. The van der Waals surface area contributed by atoms with Gasteiger partial charge in [0.25, 0.3) is 6.43 Å². The first-order valence-corrected chi connectivity index (χ1v) is 3.58. The molecule has 1 aromatic heterocycles. The summed E-state index contributed by atoms with van der Waals surface area (Å²) in [6, 6.07) is 2.64. The zero-order valence-electron chi connectivity index (χ0n) is 6.26. The van der Waals surface area contributed by atoms with Crippen molar-refractivity contribution >= 4 is 17.4 Å². The molecule has 0 spiro atoms. The van der Waals surface area contributed by atoms with Crippen molar-refractivity contribution in [2.45, 2.75) is 6.43 Å². The van der Waals surface area contributed by atoms with E-state index in [0.29, 0.717) is 0 Å². The molecular weight excluding hydrogens is 200 g/mol. The molecule has 1 heterocycles. The van der Waals surface area contributed by atoms with E-state index in [1.165, 1.54) is 0 Å². The maximum Gasteiger partial charge on any atom is 0.281 e. The molecule has 0 bridgehead atoms. The lowest BCUT2D eigenvalue weighted by molar-refractivity contribution is 0.146. The maximum absolute atomic E-state index is 12.2. The minimum absolute atomic E-state index is 0.000880. The largest absolute Gasteiger partial charge is 0.382 e. The molecule has 1 aromatic rings. The summed E-state index contributed by atoms with van der Waals surface area (Å²) in [6.45, 7) is 0. The molecule has 68 valence electrons. The number of nitrogen functional groups attached to an aromatic ring is 1. The first-order valence-electron chi connectivity index (χ1n) is 3.20. The highest BCUT2D eigenvalue weighted by molar-refractivity contribution is 6.32. The third-order valence-corrected chi connectivity index (χ3v) is 1.66.